The van der Waals surface area contributed by atoms with Crippen LogP contribution in [0.1, 0.15) is 16.1 Å². The number of methoxy groups -OCH3 is 1. The average Bonchev–Trinajstić information content (AvgIpc) is 3.44. The van der Waals surface area contributed by atoms with Crippen LogP contribution in [0, 0.1) is 0 Å². The number of benzene rings is 1. The van der Waals surface area contributed by atoms with Gasteiger partial charge in [0.25, 0.3) is 5.91 Å². The molecule has 0 spiro atoms. The highest BCUT2D eigenvalue weighted by atomic mass is 19.4. The highest BCUT2D eigenvalue weighted by Gasteiger charge is 2.41. The number of hydrogen-bond donors (Lipinski definition) is 1. The van der Waals surface area contributed by atoms with Crippen molar-refractivity contribution in [1.82, 2.24) is 35.0 Å². The van der Waals surface area contributed by atoms with E-state index >= 15 is 0 Å². The van der Waals surface area contributed by atoms with Crippen molar-refractivity contribution >= 4 is 11.6 Å². The van der Waals surface area contributed by atoms with E-state index < -0.39 is 23.3 Å². The first-order valence-electron chi connectivity index (χ1n) is 8.68. The number of ether oxygens (including phenoxy) is 1. The Labute approximate surface area is 172 Å². The summed E-state index contributed by atoms with van der Waals surface area (Å²) in [4.78, 5) is 13.9. The van der Waals surface area contributed by atoms with Crippen LogP contribution < -0.4 is 10.1 Å². The van der Waals surface area contributed by atoms with Crippen molar-refractivity contribution in [1.29, 1.82) is 0 Å². The largest absolute Gasteiger partial charge is 0.480 e. The van der Waals surface area contributed by atoms with Crippen molar-refractivity contribution in [2.24, 2.45) is 0 Å². The Morgan fingerprint density at radius 1 is 1.00 bits per heavy atom. The van der Waals surface area contributed by atoms with Gasteiger partial charge in [-0.05, 0) is 30.3 Å². The molecule has 4 aromatic rings. The number of alkyl halides is 3. The second kappa shape index (κ2) is 7.85. The minimum absolute atomic E-state index is 0.121. The van der Waals surface area contributed by atoms with Crippen molar-refractivity contribution < 1.29 is 22.7 Å². The summed E-state index contributed by atoms with van der Waals surface area (Å²) in [6.45, 7) is 0. The van der Waals surface area contributed by atoms with Crippen LogP contribution in [0.2, 0.25) is 0 Å². The topological polar surface area (TPSA) is 113 Å². The van der Waals surface area contributed by atoms with E-state index in [1.165, 1.54) is 48.6 Å². The number of nitrogens with one attached hydrogen (secondary N) is 1. The summed E-state index contributed by atoms with van der Waals surface area (Å²) in [6, 6.07) is 8.83. The van der Waals surface area contributed by atoms with E-state index in [9.17, 15) is 18.0 Å². The average molecular weight is 430 g/mol. The van der Waals surface area contributed by atoms with Gasteiger partial charge in [0, 0.05) is 11.8 Å². The van der Waals surface area contributed by atoms with Gasteiger partial charge in [-0.2, -0.15) is 33.3 Å². The van der Waals surface area contributed by atoms with Crippen LogP contribution in [-0.2, 0) is 6.18 Å². The van der Waals surface area contributed by atoms with E-state index in [1.54, 1.807) is 12.1 Å². The maximum Gasteiger partial charge on any atom is 0.434 e. The van der Waals surface area contributed by atoms with E-state index in [0.29, 0.717) is 10.4 Å². The lowest BCUT2D eigenvalue weighted by molar-refractivity contribution is -0.143. The van der Waals surface area contributed by atoms with Gasteiger partial charge >= 0.3 is 6.18 Å². The molecule has 1 amide bonds. The predicted octanol–water partition coefficient (Wildman–Crippen LogP) is 2.52. The summed E-state index contributed by atoms with van der Waals surface area (Å²) >= 11 is 0. The summed E-state index contributed by atoms with van der Waals surface area (Å²) in [7, 11) is 1.35. The Morgan fingerprint density at radius 2 is 1.71 bits per heavy atom. The third-order valence-electron chi connectivity index (χ3n) is 4.11. The van der Waals surface area contributed by atoms with Crippen LogP contribution in [0.15, 0.2) is 55.0 Å². The highest BCUT2D eigenvalue weighted by Crippen LogP contribution is 2.33. The van der Waals surface area contributed by atoms with Gasteiger partial charge in [-0.3, -0.25) is 4.79 Å². The monoisotopic (exact) mass is 430 g/mol. The lowest BCUT2D eigenvalue weighted by Crippen LogP contribution is -2.21. The number of carbonyl (C=O) groups is 1. The number of halogens is 3. The Hall–Kier alpha value is -4.29. The lowest BCUT2D eigenvalue weighted by Gasteiger charge is -2.12. The quantitative estimate of drug-likeness (QED) is 0.518. The van der Waals surface area contributed by atoms with E-state index in [2.05, 4.69) is 30.8 Å². The normalized spacial score (nSPS) is 11.4. The first-order chi connectivity index (χ1) is 14.9. The van der Waals surface area contributed by atoms with E-state index in [0.717, 1.165) is 6.20 Å². The van der Waals surface area contributed by atoms with Crippen LogP contribution >= 0.6 is 0 Å². The van der Waals surface area contributed by atoms with Gasteiger partial charge in [-0.15, -0.1) is 10.2 Å². The molecule has 0 atom stereocenters. The highest BCUT2D eigenvalue weighted by molar-refractivity contribution is 6.05. The fourth-order valence-electron chi connectivity index (χ4n) is 2.72. The minimum Gasteiger partial charge on any atom is -0.480 e. The third kappa shape index (κ3) is 4.05. The number of amides is 1. The fourth-order valence-corrected chi connectivity index (χ4v) is 2.72. The van der Waals surface area contributed by atoms with E-state index in [1.807, 2.05) is 0 Å². The standard InChI is InChI=1S/C18H13F3N8O2/c1-31-15-7-6-14(26-27-15)28-16(18(19,20)21)13(10-24-28)17(30)25-11-2-4-12(5-3-11)29-22-8-9-23-29/h2-10H,1H3,(H,25,30). The Kier molecular flexibility index (Phi) is 5.07. The fraction of sp³-hybridized carbons (Fsp3) is 0.111. The summed E-state index contributed by atoms with van der Waals surface area (Å²) < 4.78 is 46.6. The second-order valence-corrected chi connectivity index (χ2v) is 6.07. The first-order valence-corrected chi connectivity index (χ1v) is 8.68. The molecule has 0 saturated heterocycles. The molecule has 4 rings (SSSR count). The maximum absolute atomic E-state index is 13.8. The van der Waals surface area contributed by atoms with Crippen LogP contribution in [0.3, 0.4) is 0 Å². The Morgan fingerprint density at radius 3 is 2.29 bits per heavy atom. The molecule has 1 aromatic carbocycles. The van der Waals surface area contributed by atoms with Gasteiger partial charge in [-0.1, -0.05) is 0 Å². The van der Waals surface area contributed by atoms with Crippen molar-refractivity contribution in [2.45, 2.75) is 6.18 Å². The molecule has 3 aromatic heterocycles. The van der Waals surface area contributed by atoms with Crippen molar-refractivity contribution in [3.8, 4) is 17.4 Å². The number of anilines is 1. The Balaban J connectivity index is 1.62. The van der Waals surface area contributed by atoms with Crippen molar-refractivity contribution in [3.63, 3.8) is 0 Å². The van der Waals surface area contributed by atoms with Gasteiger partial charge in [0.2, 0.25) is 5.88 Å². The van der Waals surface area contributed by atoms with E-state index in [-0.39, 0.29) is 17.4 Å². The molecule has 10 nitrogen and oxygen atoms in total. The predicted molar refractivity (Wildman–Crippen MR) is 100 cm³/mol. The number of nitrogens with zero attached hydrogens (tertiary/aromatic N) is 7. The Bertz CT molecular complexity index is 1190. The smallest absolute Gasteiger partial charge is 0.434 e. The minimum atomic E-state index is -4.87. The summed E-state index contributed by atoms with van der Waals surface area (Å²) in [5, 5.41) is 21.4. The SMILES string of the molecule is COc1ccc(-n2ncc(C(=O)Nc3ccc(-n4nccn4)cc3)c2C(F)(F)F)nn1. The molecule has 0 aliphatic carbocycles. The summed E-state index contributed by atoms with van der Waals surface area (Å²) in [6.07, 6.45) is -1.05. The molecule has 0 unspecified atom stereocenters. The molecule has 0 radical (unpaired) electrons. The molecule has 3 heterocycles. The van der Waals surface area contributed by atoms with Gasteiger partial charge in [-0.25, -0.2) is 4.68 Å². The molecule has 158 valence electrons. The number of carbonyl (C=O) groups excluding carboxylic acids is 1. The van der Waals surface area contributed by atoms with Gasteiger partial charge < -0.3 is 10.1 Å². The molecule has 1 N–H and O–H groups in total. The first kappa shape index (κ1) is 20.0. The number of aromatic nitrogens is 7. The molecule has 13 heteroatoms. The van der Waals surface area contributed by atoms with E-state index in [4.69, 9.17) is 4.74 Å². The van der Waals surface area contributed by atoms with Crippen molar-refractivity contribution in [2.75, 3.05) is 12.4 Å². The maximum atomic E-state index is 13.8. The van der Waals surface area contributed by atoms with Crippen LogP contribution in [-0.4, -0.2) is 48.0 Å². The molecule has 31 heavy (non-hydrogen) atoms. The molecule has 0 aliphatic rings. The number of rotatable bonds is 5. The number of hydrogen-bond acceptors (Lipinski definition) is 7. The van der Waals surface area contributed by atoms with Gasteiger partial charge in [0.1, 0.15) is 0 Å². The van der Waals surface area contributed by atoms with Crippen LogP contribution in [0.25, 0.3) is 11.5 Å². The van der Waals surface area contributed by atoms with Crippen molar-refractivity contribution in [3.05, 3.63) is 66.2 Å². The zero-order chi connectivity index (χ0) is 22.0. The van der Waals surface area contributed by atoms with Crippen LogP contribution in [0.4, 0.5) is 18.9 Å². The molecular formula is C18H13F3N8O2. The van der Waals surface area contributed by atoms with Gasteiger partial charge in [0.05, 0.1) is 37.0 Å². The second-order valence-electron chi connectivity index (χ2n) is 6.07. The molecule has 0 bridgehead atoms. The summed E-state index contributed by atoms with van der Waals surface area (Å²) in [5.74, 6) is -1.08. The van der Waals surface area contributed by atoms with Crippen LogP contribution in [0.5, 0.6) is 5.88 Å². The molecule has 0 fully saturated rings. The lowest BCUT2D eigenvalue weighted by atomic mass is 10.2. The molecule has 0 aliphatic heterocycles. The zero-order valence-electron chi connectivity index (χ0n) is 15.8. The van der Waals surface area contributed by atoms with Gasteiger partial charge in [0.15, 0.2) is 11.5 Å². The molecular weight excluding hydrogens is 417 g/mol. The third-order valence-corrected chi connectivity index (χ3v) is 4.11. The molecule has 0 saturated carbocycles. The zero-order valence-corrected chi connectivity index (χ0v) is 15.8. The summed E-state index contributed by atoms with van der Waals surface area (Å²) in [5.41, 5.74) is -1.04.